The molecule has 0 N–H and O–H groups in total. The molecule has 168 valence electrons. The van der Waals surface area contributed by atoms with Crippen molar-refractivity contribution in [1.82, 2.24) is 19.7 Å². The summed E-state index contributed by atoms with van der Waals surface area (Å²) in [5.41, 5.74) is 2.66. The Morgan fingerprint density at radius 3 is 2.70 bits per heavy atom. The molecule has 1 unspecified atom stereocenters. The average molecular weight is 440 g/mol. The van der Waals surface area contributed by atoms with Crippen LogP contribution >= 0.6 is 0 Å². The van der Waals surface area contributed by atoms with E-state index in [9.17, 15) is 4.79 Å². The summed E-state index contributed by atoms with van der Waals surface area (Å²) in [6, 6.07) is 15.8. The van der Waals surface area contributed by atoms with Crippen molar-refractivity contribution in [3.63, 3.8) is 0 Å². The predicted molar refractivity (Wildman–Crippen MR) is 130 cm³/mol. The molecule has 2 aliphatic heterocycles. The molecule has 0 aliphatic carbocycles. The van der Waals surface area contributed by atoms with Crippen molar-refractivity contribution in [2.24, 2.45) is 10.9 Å². The smallest absolute Gasteiger partial charge is 0.253 e. The molecule has 6 nitrogen and oxygen atoms in total. The van der Waals surface area contributed by atoms with Gasteiger partial charge in [0, 0.05) is 49.4 Å². The van der Waals surface area contributed by atoms with E-state index < -0.39 is 0 Å². The van der Waals surface area contributed by atoms with Gasteiger partial charge in [0.05, 0.1) is 5.54 Å². The van der Waals surface area contributed by atoms with Gasteiger partial charge in [-0.25, -0.2) is 9.67 Å². The number of likely N-dealkylation sites (tertiary alicyclic amines) is 1. The minimum absolute atomic E-state index is 0.144. The van der Waals surface area contributed by atoms with Crippen molar-refractivity contribution in [2.75, 3.05) is 13.1 Å². The van der Waals surface area contributed by atoms with E-state index in [1.54, 1.807) is 10.9 Å². The lowest BCUT2D eigenvalue weighted by molar-refractivity contribution is 0.0679. The van der Waals surface area contributed by atoms with Gasteiger partial charge in [-0.05, 0) is 68.5 Å². The molecular weight excluding hydrogens is 410 g/mol. The topological polar surface area (TPSA) is 63.4 Å². The predicted octanol–water partition coefficient (Wildman–Crippen LogP) is 4.44. The number of hydrogen-bond donors (Lipinski definition) is 0. The van der Waals surface area contributed by atoms with Crippen molar-refractivity contribution in [1.29, 1.82) is 0 Å². The Hall–Kier alpha value is -3.54. The summed E-state index contributed by atoms with van der Waals surface area (Å²) in [6.45, 7) is 3.62. The molecule has 1 amide bonds. The Balaban J connectivity index is 1.24. The molecule has 0 bridgehead atoms. The summed E-state index contributed by atoms with van der Waals surface area (Å²) in [7, 11) is 0. The van der Waals surface area contributed by atoms with Gasteiger partial charge in [-0.3, -0.25) is 9.79 Å². The first-order valence-electron chi connectivity index (χ1n) is 11.7. The lowest BCUT2D eigenvalue weighted by Crippen LogP contribution is -2.40. The first-order valence-corrected chi connectivity index (χ1v) is 11.7. The van der Waals surface area contributed by atoms with E-state index in [4.69, 9.17) is 9.98 Å². The van der Waals surface area contributed by atoms with Gasteiger partial charge in [-0.1, -0.05) is 29.8 Å². The van der Waals surface area contributed by atoms with E-state index >= 15 is 0 Å². The van der Waals surface area contributed by atoms with Crippen LogP contribution < -0.4 is 0 Å². The van der Waals surface area contributed by atoms with Crippen LogP contribution in [0.15, 0.2) is 78.1 Å². The van der Waals surface area contributed by atoms with Gasteiger partial charge in [0.15, 0.2) is 5.82 Å². The van der Waals surface area contributed by atoms with E-state index in [0.29, 0.717) is 5.92 Å². The van der Waals surface area contributed by atoms with E-state index in [0.717, 1.165) is 61.4 Å². The van der Waals surface area contributed by atoms with Gasteiger partial charge < -0.3 is 4.90 Å². The number of allylic oxidation sites excluding steroid dienone is 1. The Labute approximate surface area is 194 Å². The lowest BCUT2D eigenvalue weighted by atomic mass is 9.80. The number of amides is 1. The maximum absolute atomic E-state index is 12.9. The van der Waals surface area contributed by atoms with E-state index in [1.165, 1.54) is 0 Å². The fraction of sp³-hybridized carbons (Fsp3) is 0.333. The van der Waals surface area contributed by atoms with Crippen LogP contribution in [0.1, 0.15) is 40.9 Å². The average Bonchev–Trinajstić information content (AvgIpc) is 3.52. The maximum atomic E-state index is 12.9. The zero-order chi connectivity index (χ0) is 22.7. The van der Waals surface area contributed by atoms with Crippen LogP contribution in [0, 0.1) is 12.8 Å². The number of nitrogens with zero attached hydrogens (tertiary/aromatic N) is 5. The highest BCUT2D eigenvalue weighted by atomic mass is 16.2. The number of aromatic nitrogens is 3. The minimum Gasteiger partial charge on any atom is -0.339 e. The minimum atomic E-state index is -0.261. The zero-order valence-corrected chi connectivity index (χ0v) is 19.0. The summed E-state index contributed by atoms with van der Waals surface area (Å²) in [5, 5.41) is 4.30. The summed E-state index contributed by atoms with van der Waals surface area (Å²) in [6.07, 6.45) is 13.6. The molecule has 0 saturated carbocycles. The molecule has 2 aliphatic rings. The number of piperidine rings is 1. The molecule has 1 fully saturated rings. The highest BCUT2D eigenvalue weighted by molar-refractivity contribution is 5.94. The van der Waals surface area contributed by atoms with Crippen LogP contribution in [-0.2, 0) is 6.42 Å². The second-order valence-electron chi connectivity index (χ2n) is 9.16. The van der Waals surface area contributed by atoms with Crippen LogP contribution in [-0.4, -0.2) is 50.4 Å². The van der Waals surface area contributed by atoms with Gasteiger partial charge in [-0.2, -0.15) is 5.10 Å². The Morgan fingerprint density at radius 1 is 1.12 bits per heavy atom. The molecule has 4 heterocycles. The Morgan fingerprint density at radius 2 is 1.97 bits per heavy atom. The van der Waals surface area contributed by atoms with Crippen molar-refractivity contribution >= 4 is 12.1 Å². The van der Waals surface area contributed by atoms with Crippen molar-refractivity contribution in [3.05, 3.63) is 89.9 Å². The van der Waals surface area contributed by atoms with E-state index in [-0.39, 0.29) is 11.4 Å². The quantitative estimate of drug-likeness (QED) is 0.570. The third kappa shape index (κ3) is 4.80. The number of carbonyl (C=O) groups is 1. The third-order valence-electron chi connectivity index (χ3n) is 6.65. The number of carbonyl (C=O) groups excluding carboxylic acids is 1. The van der Waals surface area contributed by atoms with Crippen molar-refractivity contribution < 1.29 is 4.79 Å². The van der Waals surface area contributed by atoms with Crippen LogP contribution in [0.2, 0.25) is 0 Å². The number of hydrogen-bond acceptors (Lipinski definition) is 4. The number of benzene rings is 1. The fourth-order valence-electron chi connectivity index (χ4n) is 4.97. The van der Waals surface area contributed by atoms with Gasteiger partial charge in [0.2, 0.25) is 0 Å². The fourth-order valence-corrected chi connectivity index (χ4v) is 4.97. The Bertz CT molecular complexity index is 1160. The molecule has 0 spiro atoms. The molecule has 2 aromatic heterocycles. The largest absolute Gasteiger partial charge is 0.339 e. The highest BCUT2D eigenvalue weighted by Gasteiger charge is 2.34. The number of aryl methyl sites for hydroxylation is 1. The molecule has 6 heteroatoms. The van der Waals surface area contributed by atoms with Crippen molar-refractivity contribution in [3.8, 4) is 5.82 Å². The third-order valence-corrected chi connectivity index (χ3v) is 6.65. The first-order chi connectivity index (χ1) is 16.1. The number of aliphatic imine (C=N–C) groups is 1. The summed E-state index contributed by atoms with van der Waals surface area (Å²) >= 11 is 0. The number of rotatable bonds is 6. The maximum Gasteiger partial charge on any atom is 0.253 e. The van der Waals surface area contributed by atoms with Crippen LogP contribution in [0.3, 0.4) is 0 Å². The summed E-state index contributed by atoms with van der Waals surface area (Å²) in [5.74, 6) is 1.49. The summed E-state index contributed by atoms with van der Waals surface area (Å²) < 4.78 is 1.78. The Kier molecular flexibility index (Phi) is 5.90. The first kappa shape index (κ1) is 21.3. The van der Waals surface area contributed by atoms with Gasteiger partial charge in [0.25, 0.3) is 5.91 Å². The lowest BCUT2D eigenvalue weighted by Gasteiger charge is -2.36. The second-order valence-corrected chi connectivity index (χ2v) is 9.16. The molecule has 1 aromatic carbocycles. The SMILES string of the molecule is Cc1cccc(C(=O)N2CCC(CC3(Cc4cccc(-n5cccn5)n4)C=CC=N3)CC2)c1. The van der Waals surface area contributed by atoms with Gasteiger partial charge in [0.1, 0.15) is 0 Å². The molecule has 0 radical (unpaired) electrons. The van der Waals surface area contributed by atoms with E-state index in [2.05, 4.69) is 17.2 Å². The van der Waals surface area contributed by atoms with Crippen LogP contribution in [0.25, 0.3) is 5.82 Å². The summed E-state index contributed by atoms with van der Waals surface area (Å²) in [4.78, 5) is 24.6. The zero-order valence-electron chi connectivity index (χ0n) is 19.0. The standard InChI is InChI=1S/C27H29N5O/c1-21-6-2-7-23(18-21)26(33)31-16-10-22(11-17-31)19-27(12-4-13-28-27)20-24-8-3-9-25(30-24)32-15-5-14-29-32/h2-9,12-15,18,22H,10-11,16-17,19-20H2,1H3. The molecule has 5 rings (SSSR count). The molecule has 33 heavy (non-hydrogen) atoms. The van der Waals surface area contributed by atoms with Crippen LogP contribution in [0.4, 0.5) is 0 Å². The van der Waals surface area contributed by atoms with E-state index in [1.807, 2.05) is 72.8 Å². The normalized spacial score (nSPS) is 20.5. The van der Waals surface area contributed by atoms with Gasteiger partial charge >= 0.3 is 0 Å². The molecule has 1 atom stereocenters. The molecule has 1 saturated heterocycles. The van der Waals surface area contributed by atoms with Crippen molar-refractivity contribution in [2.45, 2.75) is 38.1 Å². The highest BCUT2D eigenvalue weighted by Crippen LogP contribution is 2.34. The molecular formula is C27H29N5O. The number of pyridine rings is 1. The monoisotopic (exact) mass is 439 g/mol. The molecule has 3 aromatic rings. The van der Waals surface area contributed by atoms with Crippen LogP contribution in [0.5, 0.6) is 0 Å². The second kappa shape index (κ2) is 9.14. The van der Waals surface area contributed by atoms with Gasteiger partial charge in [-0.15, -0.1) is 0 Å².